The van der Waals surface area contributed by atoms with Gasteiger partial charge in [0.25, 0.3) is 0 Å². The van der Waals surface area contributed by atoms with Gasteiger partial charge in [-0.25, -0.2) is 0 Å². The fourth-order valence-corrected chi connectivity index (χ4v) is 3.50. The molecule has 5 nitrogen and oxygen atoms in total. The number of hydrogen-bond donors (Lipinski definition) is 0. The van der Waals surface area contributed by atoms with Gasteiger partial charge in [0.1, 0.15) is 17.9 Å². The number of ether oxygens (including phenoxy) is 1. The zero-order valence-electron chi connectivity index (χ0n) is 15.9. The molecule has 0 aliphatic heterocycles. The van der Waals surface area contributed by atoms with Crippen LogP contribution in [0.25, 0.3) is 0 Å². The topological polar surface area (TPSA) is 56.6 Å². The maximum atomic E-state index is 12.9. The molecule has 0 saturated heterocycles. The zero-order chi connectivity index (χ0) is 19.2. The molecule has 0 aromatic heterocycles. The quantitative estimate of drug-likeness (QED) is 0.726. The van der Waals surface area contributed by atoms with Crippen molar-refractivity contribution in [1.29, 1.82) is 5.26 Å². The maximum Gasteiger partial charge on any atom is 0.240 e. The second-order valence-electron chi connectivity index (χ2n) is 7.06. The van der Waals surface area contributed by atoms with Crippen LogP contribution in [-0.2, 0) is 4.79 Å². The molecule has 0 heterocycles. The highest BCUT2D eigenvalue weighted by Gasteiger charge is 2.40. The molecule has 0 radical (unpaired) electrons. The second kappa shape index (κ2) is 9.25. The van der Waals surface area contributed by atoms with Gasteiger partial charge in [-0.05, 0) is 51.1 Å². The van der Waals surface area contributed by atoms with Gasteiger partial charge >= 0.3 is 0 Å². The lowest BCUT2D eigenvalue weighted by molar-refractivity contribution is -0.139. The van der Waals surface area contributed by atoms with Crippen molar-refractivity contribution < 1.29 is 9.53 Å². The number of halogens is 1. The number of rotatable bonds is 7. The summed E-state index contributed by atoms with van der Waals surface area (Å²) in [4.78, 5) is 16.5. The summed E-state index contributed by atoms with van der Waals surface area (Å²) < 4.78 is 5.70. The lowest BCUT2D eigenvalue weighted by atomic mass is 9.81. The summed E-state index contributed by atoms with van der Waals surface area (Å²) in [5.41, 5.74) is -0.649. The molecule has 1 fully saturated rings. The molecule has 6 heteroatoms. The molecular weight excluding hydrogens is 350 g/mol. The molecule has 26 heavy (non-hydrogen) atoms. The number of carbonyl (C=O) groups excluding carboxylic acids is 1. The minimum atomic E-state index is -0.649. The molecule has 0 spiro atoms. The average molecular weight is 378 g/mol. The molecule has 1 saturated carbocycles. The van der Waals surface area contributed by atoms with Crippen LogP contribution in [0.1, 0.15) is 39.0 Å². The summed E-state index contributed by atoms with van der Waals surface area (Å²) in [7, 11) is 3.67. The fourth-order valence-electron chi connectivity index (χ4n) is 3.37. The van der Waals surface area contributed by atoms with Gasteiger partial charge in [0.15, 0.2) is 0 Å². The van der Waals surface area contributed by atoms with Crippen LogP contribution in [0.15, 0.2) is 24.3 Å². The van der Waals surface area contributed by atoms with E-state index in [2.05, 4.69) is 6.07 Å². The van der Waals surface area contributed by atoms with Crippen LogP contribution in [0.3, 0.4) is 0 Å². The van der Waals surface area contributed by atoms with Crippen LogP contribution in [0.5, 0.6) is 5.75 Å². The minimum absolute atomic E-state index is 0.0116. The van der Waals surface area contributed by atoms with Crippen molar-refractivity contribution in [2.45, 2.75) is 50.6 Å². The van der Waals surface area contributed by atoms with Crippen molar-refractivity contribution in [1.82, 2.24) is 9.80 Å². The standard InChI is InChI=1S/C20H28ClN3O2/c1-16(19(25)24(3)20(15-22)11-5-4-6-12-20)23(2)13-14-26-18-9-7-17(21)8-10-18/h7-10,16H,4-6,11-14H2,1-3H3/t16-/m0/s1. The minimum Gasteiger partial charge on any atom is -0.492 e. The van der Waals surface area contributed by atoms with Crippen molar-refractivity contribution in [2.24, 2.45) is 0 Å². The van der Waals surface area contributed by atoms with E-state index in [1.165, 1.54) is 0 Å². The molecule has 1 aromatic rings. The van der Waals surface area contributed by atoms with E-state index >= 15 is 0 Å². The molecule has 0 bridgehead atoms. The molecule has 1 aliphatic carbocycles. The highest BCUT2D eigenvalue weighted by molar-refractivity contribution is 6.30. The fraction of sp³-hybridized carbons (Fsp3) is 0.600. The molecule has 2 rings (SSSR count). The Kier molecular flexibility index (Phi) is 7.31. The lowest BCUT2D eigenvalue weighted by Crippen LogP contribution is -2.55. The lowest BCUT2D eigenvalue weighted by Gasteiger charge is -2.41. The Labute approximate surface area is 161 Å². The van der Waals surface area contributed by atoms with E-state index < -0.39 is 5.54 Å². The third-order valence-electron chi connectivity index (χ3n) is 5.41. The van der Waals surface area contributed by atoms with E-state index in [0.717, 1.165) is 37.9 Å². The first-order valence-corrected chi connectivity index (χ1v) is 9.55. The van der Waals surface area contributed by atoms with Crippen molar-refractivity contribution in [3.63, 3.8) is 0 Å². The Bertz CT molecular complexity index is 635. The Morgan fingerprint density at radius 3 is 2.46 bits per heavy atom. The van der Waals surface area contributed by atoms with Gasteiger partial charge in [0.05, 0.1) is 12.1 Å². The highest BCUT2D eigenvalue weighted by Crippen LogP contribution is 2.33. The smallest absolute Gasteiger partial charge is 0.240 e. The summed E-state index contributed by atoms with van der Waals surface area (Å²) in [6, 6.07) is 9.33. The van der Waals surface area contributed by atoms with E-state index in [1.54, 1.807) is 24.1 Å². The largest absolute Gasteiger partial charge is 0.492 e. The predicted octanol–water partition coefficient (Wildman–Crippen LogP) is 3.72. The molecule has 1 amide bonds. The first-order chi connectivity index (χ1) is 12.4. The third kappa shape index (κ3) is 4.90. The maximum absolute atomic E-state index is 12.9. The van der Waals surface area contributed by atoms with E-state index in [1.807, 2.05) is 31.0 Å². The molecule has 0 N–H and O–H groups in total. The highest BCUT2D eigenvalue weighted by atomic mass is 35.5. The van der Waals surface area contributed by atoms with Gasteiger partial charge in [-0.3, -0.25) is 9.69 Å². The Balaban J connectivity index is 1.87. The Hall–Kier alpha value is -1.77. The van der Waals surface area contributed by atoms with E-state index in [4.69, 9.17) is 16.3 Å². The second-order valence-corrected chi connectivity index (χ2v) is 7.50. The van der Waals surface area contributed by atoms with Crippen LogP contribution >= 0.6 is 11.6 Å². The van der Waals surface area contributed by atoms with Crippen molar-refractivity contribution in [3.05, 3.63) is 29.3 Å². The van der Waals surface area contributed by atoms with Crippen LogP contribution in [0.4, 0.5) is 0 Å². The normalized spacial score (nSPS) is 17.4. The molecule has 1 aliphatic rings. The number of nitriles is 1. The first-order valence-electron chi connectivity index (χ1n) is 9.17. The average Bonchev–Trinajstić information content (AvgIpc) is 2.68. The Morgan fingerprint density at radius 1 is 1.27 bits per heavy atom. The first kappa shape index (κ1) is 20.5. The molecule has 1 atom stereocenters. The van der Waals surface area contributed by atoms with Crippen LogP contribution in [0, 0.1) is 11.3 Å². The third-order valence-corrected chi connectivity index (χ3v) is 5.66. The van der Waals surface area contributed by atoms with E-state index in [9.17, 15) is 10.1 Å². The van der Waals surface area contributed by atoms with Crippen LogP contribution in [0.2, 0.25) is 5.02 Å². The van der Waals surface area contributed by atoms with Gasteiger partial charge in [0.2, 0.25) is 5.91 Å². The number of amides is 1. The number of benzene rings is 1. The van der Waals surface area contributed by atoms with Crippen molar-refractivity contribution in [3.8, 4) is 11.8 Å². The zero-order valence-corrected chi connectivity index (χ0v) is 16.6. The van der Waals surface area contributed by atoms with Gasteiger partial charge in [-0.1, -0.05) is 30.9 Å². The molecule has 0 unspecified atom stereocenters. The number of likely N-dealkylation sites (N-methyl/N-ethyl adjacent to an activating group) is 2. The monoisotopic (exact) mass is 377 g/mol. The molecular formula is C20H28ClN3O2. The van der Waals surface area contributed by atoms with Gasteiger partial charge in [-0.2, -0.15) is 5.26 Å². The van der Waals surface area contributed by atoms with Gasteiger partial charge in [-0.15, -0.1) is 0 Å². The van der Waals surface area contributed by atoms with Crippen molar-refractivity contribution >= 4 is 17.5 Å². The summed E-state index contributed by atoms with van der Waals surface area (Å²) in [5, 5.41) is 10.4. The number of nitrogens with zero attached hydrogens (tertiary/aromatic N) is 3. The number of carbonyl (C=O) groups is 1. The number of hydrogen-bond acceptors (Lipinski definition) is 4. The van der Waals surface area contributed by atoms with E-state index in [0.29, 0.717) is 18.2 Å². The summed E-state index contributed by atoms with van der Waals surface area (Å²) in [6.07, 6.45) is 4.68. The Morgan fingerprint density at radius 2 is 1.88 bits per heavy atom. The summed E-state index contributed by atoms with van der Waals surface area (Å²) in [6.45, 7) is 2.97. The summed E-state index contributed by atoms with van der Waals surface area (Å²) >= 11 is 5.86. The summed E-state index contributed by atoms with van der Waals surface area (Å²) in [5.74, 6) is 0.743. The van der Waals surface area contributed by atoms with E-state index in [-0.39, 0.29) is 11.9 Å². The van der Waals surface area contributed by atoms with Gasteiger partial charge < -0.3 is 9.64 Å². The van der Waals surface area contributed by atoms with Gasteiger partial charge in [0, 0.05) is 18.6 Å². The van der Waals surface area contributed by atoms with Crippen LogP contribution < -0.4 is 4.74 Å². The molecule has 142 valence electrons. The van der Waals surface area contributed by atoms with Crippen LogP contribution in [-0.4, -0.2) is 54.5 Å². The molecule has 1 aromatic carbocycles. The predicted molar refractivity (Wildman–Crippen MR) is 103 cm³/mol. The van der Waals surface area contributed by atoms with Crippen molar-refractivity contribution in [2.75, 3.05) is 27.2 Å². The SMILES string of the molecule is C[C@@H](C(=O)N(C)C1(C#N)CCCCC1)N(C)CCOc1ccc(Cl)cc1.